The van der Waals surface area contributed by atoms with Crippen molar-refractivity contribution in [3.8, 4) is 28.7 Å². The zero-order valence-corrected chi connectivity index (χ0v) is 22.0. The average molecular weight is 535 g/mol. The lowest BCUT2D eigenvalue weighted by molar-refractivity contribution is -0.160. The smallest absolute Gasteiger partial charge is 0.310 e. The van der Waals surface area contributed by atoms with E-state index in [0.29, 0.717) is 34.7 Å². The van der Waals surface area contributed by atoms with Gasteiger partial charge in [-0.15, -0.1) is 0 Å². The molecular formula is C30H30O9. The summed E-state index contributed by atoms with van der Waals surface area (Å²) in [5.41, 5.74) is 2.41. The number of carbonyl (C=O) groups is 2. The molecule has 0 amide bonds. The van der Waals surface area contributed by atoms with Gasteiger partial charge in [0, 0.05) is 17.4 Å². The fraction of sp³-hybridized carbons (Fsp3) is 0.467. The summed E-state index contributed by atoms with van der Waals surface area (Å²) >= 11 is 0. The maximum Gasteiger partial charge on any atom is 0.310 e. The first kappa shape index (κ1) is 24.2. The number of hydrogen-bond acceptors (Lipinski definition) is 9. The molecule has 3 aliphatic carbocycles. The van der Waals surface area contributed by atoms with E-state index in [0.717, 1.165) is 29.5 Å². The van der Waals surface area contributed by atoms with Gasteiger partial charge in [0.1, 0.15) is 6.10 Å². The molecule has 1 unspecified atom stereocenters. The van der Waals surface area contributed by atoms with Gasteiger partial charge in [0.2, 0.25) is 12.5 Å². The van der Waals surface area contributed by atoms with Crippen molar-refractivity contribution >= 4 is 11.9 Å². The van der Waals surface area contributed by atoms with Crippen molar-refractivity contribution < 1.29 is 42.7 Å². The first-order valence-corrected chi connectivity index (χ1v) is 13.3. The van der Waals surface area contributed by atoms with Crippen LogP contribution in [0.3, 0.4) is 0 Å². The van der Waals surface area contributed by atoms with E-state index in [1.54, 1.807) is 21.3 Å². The summed E-state index contributed by atoms with van der Waals surface area (Å²) in [6.07, 6.45) is 5.49. The summed E-state index contributed by atoms with van der Waals surface area (Å²) in [5.74, 6) is 1.16. The zero-order chi connectivity index (χ0) is 26.8. The maximum atomic E-state index is 13.5. The first-order valence-electron chi connectivity index (χ1n) is 13.3. The van der Waals surface area contributed by atoms with Crippen molar-refractivity contribution in [2.45, 2.75) is 24.9 Å². The van der Waals surface area contributed by atoms with Crippen LogP contribution in [0.25, 0.3) is 0 Å². The molecular weight excluding hydrogens is 504 g/mol. The Morgan fingerprint density at radius 2 is 1.59 bits per heavy atom. The van der Waals surface area contributed by atoms with Crippen LogP contribution < -0.4 is 23.7 Å². The van der Waals surface area contributed by atoms with E-state index >= 15 is 0 Å². The number of methoxy groups -OCH3 is 3. The topological polar surface area (TPSA) is 98.8 Å². The number of ether oxygens (including phenoxy) is 7. The summed E-state index contributed by atoms with van der Waals surface area (Å²) in [7, 11) is 4.66. The van der Waals surface area contributed by atoms with E-state index in [-0.39, 0.29) is 43.1 Å². The Balaban J connectivity index is 1.36. The first-order chi connectivity index (χ1) is 19.0. The van der Waals surface area contributed by atoms with Crippen molar-refractivity contribution in [1.82, 2.24) is 0 Å². The highest BCUT2D eigenvalue weighted by Crippen LogP contribution is 2.57. The molecule has 2 aromatic carbocycles. The number of hydrogen-bond donors (Lipinski definition) is 0. The second kappa shape index (κ2) is 9.10. The molecule has 7 rings (SSSR count). The SMILES string of the molecule is COc1cc([C@@H]2c3cc4c(cc3[C@H](OC(=O)C3C[C@H]5C=C[C@@H]3C5)[C@H]3COC(=O)[C@H]23)OCO4)cc(OC)c1OC. The summed E-state index contributed by atoms with van der Waals surface area (Å²) < 4.78 is 40.2. The fourth-order valence-corrected chi connectivity index (χ4v) is 7.21. The minimum absolute atomic E-state index is 0.101. The van der Waals surface area contributed by atoms with Crippen LogP contribution in [0.4, 0.5) is 0 Å². The lowest BCUT2D eigenvalue weighted by Crippen LogP contribution is -2.37. The predicted molar refractivity (Wildman–Crippen MR) is 136 cm³/mol. The second-order valence-electron chi connectivity index (χ2n) is 10.8. The Kier molecular flexibility index (Phi) is 5.64. The standard InChI is InChI=1S/C30H30O9/c1-33-23-8-16(9-24(34-2)28(23)35-3)25-18-10-21-22(38-13-37-21)11-19(18)27(20-12-36-30(32)26(20)25)39-29(31)17-7-14-4-5-15(17)6-14/h4-5,8-11,14-15,17,20,25-27H,6-7,12-13H2,1-3H3/t14-,15+,17?,20-,25+,26-,27-/m0/s1. The minimum atomic E-state index is -0.653. The van der Waals surface area contributed by atoms with Gasteiger partial charge in [-0.25, -0.2) is 0 Å². The number of benzene rings is 2. The Hall–Kier alpha value is -3.88. The quantitative estimate of drug-likeness (QED) is 0.399. The monoisotopic (exact) mass is 534 g/mol. The third-order valence-electron chi connectivity index (χ3n) is 8.99. The van der Waals surface area contributed by atoms with E-state index in [9.17, 15) is 9.59 Å². The highest BCUT2D eigenvalue weighted by molar-refractivity contribution is 5.80. The van der Waals surface area contributed by atoms with E-state index in [4.69, 9.17) is 33.2 Å². The number of rotatable bonds is 6. The molecule has 2 bridgehead atoms. The number of cyclic esters (lactones) is 1. The molecule has 5 aliphatic rings. The van der Waals surface area contributed by atoms with Crippen LogP contribution in [-0.4, -0.2) is 46.7 Å². The molecule has 1 saturated carbocycles. The molecule has 1 saturated heterocycles. The highest BCUT2D eigenvalue weighted by Gasteiger charge is 2.55. The molecule has 0 radical (unpaired) electrons. The average Bonchev–Trinajstić information content (AvgIpc) is 3.76. The van der Waals surface area contributed by atoms with E-state index < -0.39 is 17.9 Å². The van der Waals surface area contributed by atoms with Crippen LogP contribution in [0.15, 0.2) is 36.4 Å². The Morgan fingerprint density at radius 1 is 0.872 bits per heavy atom. The molecule has 204 valence electrons. The highest BCUT2D eigenvalue weighted by atomic mass is 16.7. The van der Waals surface area contributed by atoms with Gasteiger partial charge in [-0.2, -0.15) is 0 Å². The second-order valence-corrected chi connectivity index (χ2v) is 10.8. The largest absolute Gasteiger partial charge is 0.493 e. The lowest BCUT2D eigenvalue weighted by Gasteiger charge is -2.39. The summed E-state index contributed by atoms with van der Waals surface area (Å²) in [6.45, 7) is 0.261. The van der Waals surface area contributed by atoms with Crippen molar-refractivity contribution in [3.05, 3.63) is 53.1 Å². The number of carbonyl (C=O) groups excluding carboxylic acids is 2. The predicted octanol–water partition coefficient (Wildman–Crippen LogP) is 4.17. The summed E-state index contributed by atoms with van der Waals surface area (Å²) in [5, 5.41) is 0. The van der Waals surface area contributed by atoms with Crippen molar-refractivity contribution in [3.63, 3.8) is 0 Å². The molecule has 2 aromatic rings. The van der Waals surface area contributed by atoms with Gasteiger partial charge in [0.15, 0.2) is 23.0 Å². The van der Waals surface area contributed by atoms with Gasteiger partial charge in [0.05, 0.1) is 39.8 Å². The van der Waals surface area contributed by atoms with Crippen molar-refractivity contribution in [2.75, 3.05) is 34.7 Å². The molecule has 39 heavy (non-hydrogen) atoms. The van der Waals surface area contributed by atoms with Crippen molar-refractivity contribution in [2.24, 2.45) is 29.6 Å². The molecule has 2 heterocycles. The normalized spacial score (nSPS) is 30.9. The molecule has 0 aromatic heterocycles. The molecule has 9 nitrogen and oxygen atoms in total. The lowest BCUT2D eigenvalue weighted by atomic mass is 9.66. The van der Waals surface area contributed by atoms with Crippen LogP contribution in [0.5, 0.6) is 28.7 Å². The van der Waals surface area contributed by atoms with Gasteiger partial charge < -0.3 is 33.2 Å². The van der Waals surface area contributed by atoms with Gasteiger partial charge >= 0.3 is 11.9 Å². The third-order valence-corrected chi connectivity index (χ3v) is 8.99. The van der Waals surface area contributed by atoms with E-state index in [1.807, 2.05) is 24.3 Å². The zero-order valence-electron chi connectivity index (χ0n) is 22.0. The number of fused-ring (bicyclic) bond motifs is 5. The van der Waals surface area contributed by atoms with Crippen LogP contribution in [0.2, 0.25) is 0 Å². The molecule has 0 spiro atoms. The number of esters is 2. The van der Waals surface area contributed by atoms with Gasteiger partial charge in [0.25, 0.3) is 0 Å². The van der Waals surface area contributed by atoms with Gasteiger partial charge in [-0.3, -0.25) is 9.59 Å². The number of allylic oxidation sites excluding steroid dienone is 2. The molecule has 0 N–H and O–H groups in total. The Bertz CT molecular complexity index is 1360. The van der Waals surface area contributed by atoms with E-state index in [2.05, 4.69) is 12.2 Å². The molecule has 2 fully saturated rings. The van der Waals surface area contributed by atoms with Gasteiger partial charge in [-0.05, 0) is 60.1 Å². The third kappa shape index (κ3) is 3.66. The van der Waals surface area contributed by atoms with E-state index in [1.165, 1.54) is 0 Å². The Morgan fingerprint density at radius 3 is 2.21 bits per heavy atom. The summed E-state index contributed by atoms with van der Waals surface area (Å²) in [4.78, 5) is 26.9. The molecule has 2 aliphatic heterocycles. The van der Waals surface area contributed by atoms with Crippen LogP contribution in [0, 0.1) is 29.6 Å². The maximum absolute atomic E-state index is 13.5. The molecule has 7 atom stereocenters. The van der Waals surface area contributed by atoms with Crippen molar-refractivity contribution in [1.29, 1.82) is 0 Å². The fourth-order valence-electron chi connectivity index (χ4n) is 7.21. The van der Waals surface area contributed by atoms with Gasteiger partial charge in [-0.1, -0.05) is 12.2 Å². The van der Waals surface area contributed by atoms with Crippen LogP contribution in [-0.2, 0) is 19.1 Å². The molecule has 9 heteroatoms. The van der Waals surface area contributed by atoms with Crippen LogP contribution >= 0.6 is 0 Å². The van der Waals surface area contributed by atoms with Crippen LogP contribution in [0.1, 0.15) is 41.6 Å². The summed E-state index contributed by atoms with van der Waals surface area (Å²) in [6, 6.07) is 7.50. The Labute approximate surface area is 225 Å². The minimum Gasteiger partial charge on any atom is -0.493 e.